The smallest absolute Gasteiger partial charge is 0.337 e. The maximum atomic E-state index is 12.6. The summed E-state index contributed by atoms with van der Waals surface area (Å²) in [6.45, 7) is 0.0518. The Bertz CT molecular complexity index is 1070. The molecule has 0 amide bonds. The molecular formula is C18H16ClN3O4S. The highest BCUT2D eigenvalue weighted by atomic mass is 35.5. The summed E-state index contributed by atoms with van der Waals surface area (Å²) in [4.78, 5) is 11.5. The van der Waals surface area contributed by atoms with E-state index in [1.165, 1.54) is 25.3 Å². The van der Waals surface area contributed by atoms with Crippen LogP contribution in [0.5, 0.6) is 0 Å². The van der Waals surface area contributed by atoms with E-state index in [-0.39, 0.29) is 22.0 Å². The summed E-state index contributed by atoms with van der Waals surface area (Å²) in [5.74, 6) is -0.643. The molecule has 0 aliphatic rings. The van der Waals surface area contributed by atoms with Crippen LogP contribution in [0.2, 0.25) is 5.02 Å². The molecule has 140 valence electrons. The van der Waals surface area contributed by atoms with Gasteiger partial charge < -0.3 is 4.74 Å². The fraction of sp³-hybridized carbons (Fsp3) is 0.111. The van der Waals surface area contributed by atoms with Crippen molar-refractivity contribution in [3.05, 3.63) is 77.1 Å². The minimum absolute atomic E-state index is 0.0143. The summed E-state index contributed by atoms with van der Waals surface area (Å²) in [5.41, 5.74) is 1.65. The molecule has 0 aliphatic heterocycles. The van der Waals surface area contributed by atoms with E-state index in [2.05, 4.69) is 14.6 Å². The normalized spacial score (nSPS) is 11.3. The second kappa shape index (κ2) is 7.91. The molecule has 0 aliphatic carbocycles. The predicted molar refractivity (Wildman–Crippen MR) is 100 cm³/mol. The first-order valence-corrected chi connectivity index (χ1v) is 9.73. The number of carbonyl (C=O) groups is 1. The number of esters is 1. The quantitative estimate of drug-likeness (QED) is 0.637. The largest absolute Gasteiger partial charge is 0.465 e. The number of ether oxygens (including phenoxy) is 1. The molecule has 0 saturated carbocycles. The van der Waals surface area contributed by atoms with Crippen molar-refractivity contribution in [3.8, 4) is 5.69 Å². The molecule has 1 aromatic heterocycles. The third-order valence-electron chi connectivity index (χ3n) is 3.79. The summed E-state index contributed by atoms with van der Waals surface area (Å²) < 4.78 is 34.1. The van der Waals surface area contributed by atoms with Gasteiger partial charge in [-0.1, -0.05) is 23.7 Å². The van der Waals surface area contributed by atoms with Gasteiger partial charge in [0.05, 0.1) is 23.4 Å². The summed E-state index contributed by atoms with van der Waals surface area (Å²) >= 11 is 6.02. The van der Waals surface area contributed by atoms with Crippen LogP contribution >= 0.6 is 11.6 Å². The van der Waals surface area contributed by atoms with Crippen LogP contribution in [-0.4, -0.2) is 31.3 Å². The molecule has 2 aromatic carbocycles. The fourth-order valence-electron chi connectivity index (χ4n) is 2.44. The highest BCUT2D eigenvalue weighted by Gasteiger charge is 2.20. The number of benzene rings is 2. The Kier molecular flexibility index (Phi) is 5.59. The zero-order chi connectivity index (χ0) is 19.4. The van der Waals surface area contributed by atoms with Gasteiger partial charge in [-0.3, -0.25) is 0 Å². The molecule has 0 fully saturated rings. The summed E-state index contributed by atoms with van der Waals surface area (Å²) in [6.07, 6.45) is 3.45. The summed E-state index contributed by atoms with van der Waals surface area (Å²) in [6, 6.07) is 13.0. The topological polar surface area (TPSA) is 90.3 Å². The summed E-state index contributed by atoms with van der Waals surface area (Å²) in [5, 5.41) is 4.16. The Balaban J connectivity index is 1.82. The van der Waals surface area contributed by atoms with Crippen LogP contribution in [0.1, 0.15) is 15.9 Å². The third kappa shape index (κ3) is 4.36. The molecule has 0 radical (unpaired) electrons. The molecule has 9 heteroatoms. The number of nitrogens with zero attached hydrogens (tertiary/aromatic N) is 2. The van der Waals surface area contributed by atoms with Crippen molar-refractivity contribution in [2.24, 2.45) is 0 Å². The Morgan fingerprint density at radius 1 is 1.22 bits per heavy atom. The zero-order valence-electron chi connectivity index (χ0n) is 14.3. The van der Waals surface area contributed by atoms with Gasteiger partial charge in [-0.25, -0.2) is 22.6 Å². The van der Waals surface area contributed by atoms with Gasteiger partial charge in [-0.05, 0) is 42.0 Å². The number of hydrogen-bond donors (Lipinski definition) is 1. The number of aromatic nitrogens is 2. The Hall–Kier alpha value is -2.68. The van der Waals surface area contributed by atoms with Crippen molar-refractivity contribution in [2.75, 3.05) is 7.11 Å². The number of halogens is 1. The molecule has 3 rings (SSSR count). The van der Waals surface area contributed by atoms with Gasteiger partial charge in [0.25, 0.3) is 0 Å². The lowest BCUT2D eigenvalue weighted by molar-refractivity contribution is 0.0600. The number of nitrogens with one attached hydrogen (secondary N) is 1. The second-order valence-corrected chi connectivity index (χ2v) is 7.72. The van der Waals surface area contributed by atoms with Gasteiger partial charge in [0.2, 0.25) is 10.0 Å². The average Bonchev–Trinajstić information content (AvgIpc) is 3.21. The molecule has 1 N–H and O–H groups in total. The van der Waals surface area contributed by atoms with E-state index < -0.39 is 16.0 Å². The zero-order valence-corrected chi connectivity index (χ0v) is 15.9. The first-order valence-electron chi connectivity index (χ1n) is 7.87. The Labute approximate surface area is 161 Å². The first-order chi connectivity index (χ1) is 12.9. The highest BCUT2D eigenvalue weighted by Crippen LogP contribution is 2.23. The number of rotatable bonds is 6. The van der Waals surface area contributed by atoms with E-state index in [4.69, 9.17) is 11.6 Å². The van der Waals surface area contributed by atoms with Crippen LogP contribution in [0.3, 0.4) is 0 Å². The van der Waals surface area contributed by atoms with Crippen molar-refractivity contribution < 1.29 is 17.9 Å². The SMILES string of the molecule is COC(=O)c1ccc(Cl)c(S(=O)(=O)NCc2cccc(-n3cccn3)c2)c1. The number of carbonyl (C=O) groups excluding carboxylic acids is 1. The van der Waals surface area contributed by atoms with Crippen LogP contribution in [0.25, 0.3) is 5.69 Å². The van der Waals surface area contributed by atoms with Gasteiger partial charge in [0.15, 0.2) is 0 Å². The standard InChI is InChI=1S/C18H16ClN3O4S/c1-26-18(23)14-6-7-16(19)17(11-14)27(24,25)21-12-13-4-2-5-15(10-13)22-9-3-8-20-22/h2-11,21H,12H2,1H3. The van der Waals surface area contributed by atoms with E-state index in [0.717, 1.165) is 11.3 Å². The van der Waals surface area contributed by atoms with Crippen molar-refractivity contribution in [1.82, 2.24) is 14.5 Å². The average molecular weight is 406 g/mol. The molecule has 7 nitrogen and oxygen atoms in total. The van der Waals surface area contributed by atoms with Gasteiger partial charge in [0, 0.05) is 18.9 Å². The monoisotopic (exact) mass is 405 g/mol. The first kappa shape index (κ1) is 19.1. The van der Waals surface area contributed by atoms with Crippen molar-refractivity contribution in [3.63, 3.8) is 0 Å². The van der Waals surface area contributed by atoms with Crippen LogP contribution in [-0.2, 0) is 21.3 Å². The molecule has 0 unspecified atom stereocenters. The van der Waals surface area contributed by atoms with Crippen LogP contribution in [0.4, 0.5) is 0 Å². The predicted octanol–water partition coefficient (Wildman–Crippen LogP) is 2.79. The lowest BCUT2D eigenvalue weighted by Gasteiger charge is -2.11. The van der Waals surface area contributed by atoms with Crippen LogP contribution < -0.4 is 4.72 Å². The van der Waals surface area contributed by atoms with Gasteiger partial charge in [-0.15, -0.1) is 0 Å². The molecular weight excluding hydrogens is 390 g/mol. The number of sulfonamides is 1. The van der Waals surface area contributed by atoms with E-state index >= 15 is 0 Å². The van der Waals surface area contributed by atoms with E-state index in [9.17, 15) is 13.2 Å². The maximum Gasteiger partial charge on any atom is 0.337 e. The molecule has 0 saturated heterocycles. The minimum Gasteiger partial charge on any atom is -0.465 e. The highest BCUT2D eigenvalue weighted by molar-refractivity contribution is 7.89. The van der Waals surface area contributed by atoms with Gasteiger partial charge in [0.1, 0.15) is 4.90 Å². The van der Waals surface area contributed by atoms with Crippen molar-refractivity contribution in [2.45, 2.75) is 11.4 Å². The number of hydrogen-bond acceptors (Lipinski definition) is 5. The number of methoxy groups -OCH3 is 1. The van der Waals surface area contributed by atoms with E-state index in [1.807, 2.05) is 18.2 Å². The molecule has 1 heterocycles. The van der Waals surface area contributed by atoms with Gasteiger partial charge in [-0.2, -0.15) is 5.10 Å². The van der Waals surface area contributed by atoms with E-state index in [0.29, 0.717) is 0 Å². The molecule has 0 bridgehead atoms. The molecule has 0 spiro atoms. The minimum atomic E-state index is -3.93. The second-order valence-electron chi connectivity index (χ2n) is 5.58. The van der Waals surface area contributed by atoms with Crippen molar-refractivity contribution >= 4 is 27.6 Å². The molecule has 0 atom stereocenters. The molecule has 3 aromatic rings. The van der Waals surface area contributed by atoms with Crippen LogP contribution in [0, 0.1) is 0 Å². The lowest BCUT2D eigenvalue weighted by Crippen LogP contribution is -2.24. The fourth-order valence-corrected chi connectivity index (χ4v) is 3.98. The third-order valence-corrected chi connectivity index (χ3v) is 5.67. The van der Waals surface area contributed by atoms with Gasteiger partial charge >= 0.3 is 5.97 Å². The summed E-state index contributed by atoms with van der Waals surface area (Å²) in [7, 11) is -2.71. The Morgan fingerprint density at radius 3 is 2.74 bits per heavy atom. The maximum absolute atomic E-state index is 12.6. The lowest BCUT2D eigenvalue weighted by atomic mass is 10.2. The van der Waals surface area contributed by atoms with Crippen molar-refractivity contribution in [1.29, 1.82) is 0 Å². The van der Waals surface area contributed by atoms with Crippen LogP contribution in [0.15, 0.2) is 65.8 Å². The Morgan fingerprint density at radius 2 is 2.04 bits per heavy atom. The molecule has 27 heavy (non-hydrogen) atoms. The van der Waals surface area contributed by atoms with E-state index in [1.54, 1.807) is 29.2 Å².